The van der Waals surface area contributed by atoms with Gasteiger partial charge in [-0.15, -0.1) is 0 Å². The summed E-state index contributed by atoms with van der Waals surface area (Å²) in [6.45, 7) is 2.81. The summed E-state index contributed by atoms with van der Waals surface area (Å²) in [5, 5.41) is 2.76. The van der Waals surface area contributed by atoms with Gasteiger partial charge in [-0.05, 0) is 54.6 Å². The fourth-order valence-corrected chi connectivity index (χ4v) is 6.04. The lowest BCUT2D eigenvalue weighted by Gasteiger charge is -2.16. The number of thioether (sulfide) groups is 2. The molecule has 3 aromatic rings. The molecule has 5 rings (SSSR count). The molecule has 3 heterocycles. The molecule has 2 aliphatic heterocycles. The fourth-order valence-electron chi connectivity index (χ4n) is 3.68. The molecule has 0 radical (unpaired) electrons. The Bertz CT molecular complexity index is 1240. The summed E-state index contributed by atoms with van der Waals surface area (Å²) in [6, 6.07) is 18.2. The Labute approximate surface area is 190 Å². The van der Waals surface area contributed by atoms with Crippen LogP contribution in [0.25, 0.3) is 10.9 Å². The van der Waals surface area contributed by atoms with E-state index in [-0.39, 0.29) is 5.91 Å². The van der Waals surface area contributed by atoms with Crippen molar-refractivity contribution in [3.63, 3.8) is 0 Å². The first-order chi connectivity index (χ1) is 15.2. The highest BCUT2D eigenvalue weighted by Crippen LogP contribution is 2.50. The molecule has 2 aliphatic rings. The van der Waals surface area contributed by atoms with Crippen LogP contribution in [0.15, 0.2) is 80.6 Å². The number of amidine groups is 1. The number of carbonyl (C=O) groups excluding carboxylic acids is 1. The minimum Gasteiger partial charge on any atom is -0.337 e. The van der Waals surface area contributed by atoms with E-state index >= 15 is 0 Å². The zero-order valence-corrected chi connectivity index (χ0v) is 19.0. The number of pyridine rings is 1. The van der Waals surface area contributed by atoms with E-state index in [4.69, 9.17) is 4.99 Å². The first-order valence-corrected chi connectivity index (χ1v) is 12.0. The van der Waals surface area contributed by atoms with Crippen molar-refractivity contribution < 1.29 is 4.79 Å². The summed E-state index contributed by atoms with van der Waals surface area (Å²) in [6.07, 6.45) is 3.76. The van der Waals surface area contributed by atoms with Gasteiger partial charge in [0.2, 0.25) is 0 Å². The van der Waals surface area contributed by atoms with Gasteiger partial charge in [-0.3, -0.25) is 14.7 Å². The van der Waals surface area contributed by atoms with Gasteiger partial charge in [0.25, 0.3) is 5.91 Å². The Hall–Kier alpha value is -2.77. The number of hydrogen-bond donors (Lipinski definition) is 0. The van der Waals surface area contributed by atoms with Gasteiger partial charge in [0.15, 0.2) is 5.17 Å². The summed E-state index contributed by atoms with van der Waals surface area (Å²) in [5.41, 5.74) is 2.91. The molecule has 1 aromatic heterocycles. The normalized spacial score (nSPS) is 19.7. The van der Waals surface area contributed by atoms with Crippen LogP contribution in [0.5, 0.6) is 0 Å². The lowest BCUT2D eigenvalue weighted by Crippen LogP contribution is -2.30. The molecule has 31 heavy (non-hydrogen) atoms. The zero-order valence-electron chi connectivity index (χ0n) is 17.4. The number of para-hydroxylation sites is 1. The minimum atomic E-state index is 0.0433. The van der Waals surface area contributed by atoms with Crippen LogP contribution < -0.4 is 4.90 Å². The number of hydrogen-bond acceptors (Lipinski definition) is 6. The van der Waals surface area contributed by atoms with Crippen LogP contribution >= 0.6 is 23.5 Å². The molecule has 0 spiro atoms. The first-order valence-electron chi connectivity index (χ1n) is 10.3. The molecule has 0 bridgehead atoms. The van der Waals surface area contributed by atoms with Crippen LogP contribution in [-0.2, 0) is 4.79 Å². The van der Waals surface area contributed by atoms with Crippen LogP contribution in [0.3, 0.4) is 0 Å². The van der Waals surface area contributed by atoms with Gasteiger partial charge in [-0.2, -0.15) is 0 Å². The molecule has 0 saturated carbocycles. The van der Waals surface area contributed by atoms with E-state index in [1.807, 2.05) is 54.4 Å². The van der Waals surface area contributed by atoms with Gasteiger partial charge >= 0.3 is 0 Å². The average molecular weight is 447 g/mol. The van der Waals surface area contributed by atoms with Crippen molar-refractivity contribution in [2.45, 2.75) is 24.7 Å². The highest BCUT2D eigenvalue weighted by molar-refractivity contribution is 8.19. The molecular formula is C24H22N4OS2. The van der Waals surface area contributed by atoms with Gasteiger partial charge in [0.05, 0.1) is 21.9 Å². The summed E-state index contributed by atoms with van der Waals surface area (Å²) in [5.74, 6) is 0.0433. The molecule has 156 valence electrons. The summed E-state index contributed by atoms with van der Waals surface area (Å²) in [4.78, 5) is 28.6. The number of amides is 1. The van der Waals surface area contributed by atoms with Crippen molar-refractivity contribution in [3.05, 3.63) is 70.7 Å². The Balaban J connectivity index is 1.53. The Kier molecular flexibility index (Phi) is 5.46. The lowest BCUT2D eigenvalue weighted by molar-refractivity contribution is -0.122. The number of nitrogens with zero attached hydrogens (tertiary/aromatic N) is 4. The van der Waals surface area contributed by atoms with Crippen LogP contribution in [0, 0.1) is 0 Å². The predicted octanol–water partition coefficient (Wildman–Crippen LogP) is 6.01. The quantitative estimate of drug-likeness (QED) is 0.460. The molecule has 0 unspecified atom stereocenters. The number of aromatic nitrogens is 1. The van der Waals surface area contributed by atoms with Crippen LogP contribution in [-0.4, -0.2) is 34.6 Å². The van der Waals surface area contributed by atoms with Crippen LogP contribution in [0.4, 0.5) is 11.4 Å². The second-order valence-electron chi connectivity index (χ2n) is 7.45. The second kappa shape index (κ2) is 8.40. The highest BCUT2D eigenvalue weighted by atomic mass is 32.2. The van der Waals surface area contributed by atoms with Crippen molar-refractivity contribution in [2.24, 2.45) is 4.99 Å². The molecule has 2 aromatic carbocycles. The molecular weight excluding hydrogens is 424 g/mol. The average Bonchev–Trinajstić information content (AvgIpc) is 3.28. The number of aliphatic imine (C=N–C) groups is 1. The Morgan fingerprint density at radius 2 is 1.94 bits per heavy atom. The maximum atomic E-state index is 13.4. The number of carbonyl (C=O) groups is 1. The molecule has 1 amide bonds. The lowest BCUT2D eigenvalue weighted by atomic mass is 10.2. The largest absolute Gasteiger partial charge is 0.337 e. The molecule has 0 aliphatic carbocycles. The van der Waals surface area contributed by atoms with Gasteiger partial charge in [0, 0.05) is 30.1 Å². The van der Waals surface area contributed by atoms with Crippen LogP contribution in [0.1, 0.15) is 19.8 Å². The molecule has 0 atom stereocenters. The highest BCUT2D eigenvalue weighted by Gasteiger charge is 2.38. The number of anilines is 1. The summed E-state index contributed by atoms with van der Waals surface area (Å²) < 4.78 is 0. The first kappa shape index (κ1) is 20.2. The van der Waals surface area contributed by atoms with Crippen molar-refractivity contribution in [2.75, 3.05) is 18.5 Å². The minimum absolute atomic E-state index is 0.0433. The SMILES string of the molecule is CCCCN1C(=O)/C(=C2/Sc3ccccc3N2C)SC1=Nc1ccc2ncccc2c1. The Morgan fingerprint density at radius 1 is 1.06 bits per heavy atom. The number of fused-ring (bicyclic) bond motifs is 2. The predicted molar refractivity (Wildman–Crippen MR) is 131 cm³/mol. The third-order valence-corrected chi connectivity index (χ3v) is 7.77. The molecule has 1 saturated heterocycles. The van der Waals surface area contributed by atoms with E-state index in [1.54, 1.807) is 18.0 Å². The second-order valence-corrected chi connectivity index (χ2v) is 9.46. The van der Waals surface area contributed by atoms with E-state index in [1.165, 1.54) is 16.7 Å². The third kappa shape index (κ3) is 3.72. The standard InChI is InChI=1S/C24H22N4OS2/c1-3-4-14-28-22(29)21(23-27(2)19-9-5-6-10-20(19)30-23)31-24(28)26-17-11-12-18-16(15-17)8-7-13-25-18/h5-13,15H,3-4,14H2,1-2H3/b23-21-,26-24?. The van der Waals surface area contributed by atoms with Crippen LogP contribution in [0.2, 0.25) is 0 Å². The number of rotatable bonds is 4. The zero-order chi connectivity index (χ0) is 21.4. The van der Waals surface area contributed by atoms with E-state index in [0.717, 1.165) is 50.2 Å². The van der Waals surface area contributed by atoms with Crippen molar-refractivity contribution in [1.29, 1.82) is 0 Å². The van der Waals surface area contributed by atoms with E-state index in [0.29, 0.717) is 6.54 Å². The topological polar surface area (TPSA) is 48.8 Å². The molecule has 1 fully saturated rings. The van der Waals surface area contributed by atoms with E-state index in [2.05, 4.69) is 28.9 Å². The van der Waals surface area contributed by atoms with Gasteiger partial charge < -0.3 is 4.90 Å². The van der Waals surface area contributed by atoms with E-state index in [9.17, 15) is 4.79 Å². The van der Waals surface area contributed by atoms with Gasteiger partial charge in [-0.25, -0.2) is 4.99 Å². The van der Waals surface area contributed by atoms with Gasteiger partial charge in [-0.1, -0.05) is 43.3 Å². The third-order valence-electron chi connectivity index (χ3n) is 5.34. The molecule has 7 heteroatoms. The monoisotopic (exact) mass is 446 g/mol. The molecule has 5 nitrogen and oxygen atoms in total. The van der Waals surface area contributed by atoms with Gasteiger partial charge in [0.1, 0.15) is 4.91 Å². The Morgan fingerprint density at radius 3 is 2.77 bits per heavy atom. The number of unbranched alkanes of at least 4 members (excludes halogenated alkanes) is 1. The van der Waals surface area contributed by atoms with Crippen molar-refractivity contribution in [1.82, 2.24) is 9.88 Å². The maximum absolute atomic E-state index is 13.4. The fraction of sp³-hybridized carbons (Fsp3) is 0.208. The summed E-state index contributed by atoms with van der Waals surface area (Å²) in [7, 11) is 2.02. The number of benzene rings is 2. The van der Waals surface area contributed by atoms with E-state index < -0.39 is 0 Å². The smallest absolute Gasteiger partial charge is 0.269 e. The molecule has 0 N–H and O–H groups in total. The van der Waals surface area contributed by atoms with Crippen molar-refractivity contribution >= 4 is 56.9 Å². The van der Waals surface area contributed by atoms with Crippen molar-refractivity contribution in [3.8, 4) is 0 Å². The maximum Gasteiger partial charge on any atom is 0.269 e. The summed E-state index contributed by atoms with van der Waals surface area (Å²) >= 11 is 3.13.